The molecule has 0 spiro atoms. The summed E-state index contributed by atoms with van der Waals surface area (Å²) < 4.78 is 11.5. The lowest BCUT2D eigenvalue weighted by Gasteiger charge is -2.17. The molecule has 1 aromatic rings. The summed E-state index contributed by atoms with van der Waals surface area (Å²) in [4.78, 5) is 2.02. The minimum atomic E-state index is -0.661. The molecule has 0 amide bonds. The maximum atomic E-state index is 5.77. The Labute approximate surface area is 132 Å². The van der Waals surface area contributed by atoms with E-state index in [1.165, 1.54) is 0 Å². The molecule has 112 valence electrons. The number of hydrogen-bond donors (Lipinski definition) is 0. The Balaban J connectivity index is 2.17. The standard InChI is InChI=1S/C19H19NO2/c1-6-10-20(11-7-2)12-9-16-14-18-17(13-15(16)8-3)21-19(4,5)22-18/h1-3,13-14H,9-12H2,4-5H3. The maximum Gasteiger partial charge on any atom is 0.246 e. The molecule has 22 heavy (non-hydrogen) atoms. The van der Waals surface area contributed by atoms with E-state index >= 15 is 0 Å². The first kappa shape index (κ1) is 15.8. The topological polar surface area (TPSA) is 21.7 Å². The zero-order chi connectivity index (χ0) is 16.2. The number of benzene rings is 1. The molecule has 0 bridgehead atoms. The van der Waals surface area contributed by atoms with E-state index in [9.17, 15) is 0 Å². The van der Waals surface area contributed by atoms with Crippen LogP contribution in [0.4, 0.5) is 0 Å². The molecular formula is C19H19NO2. The Morgan fingerprint density at radius 2 is 1.64 bits per heavy atom. The lowest BCUT2D eigenvalue weighted by molar-refractivity contribution is -0.0431. The molecule has 0 saturated carbocycles. The van der Waals surface area contributed by atoms with Crippen LogP contribution >= 0.6 is 0 Å². The number of nitrogens with zero attached hydrogens (tertiary/aromatic N) is 1. The minimum Gasteiger partial charge on any atom is -0.449 e. The zero-order valence-electron chi connectivity index (χ0n) is 13.0. The lowest BCUT2D eigenvalue weighted by atomic mass is 10.0. The number of fused-ring (bicyclic) bond motifs is 1. The van der Waals surface area contributed by atoms with Crippen molar-refractivity contribution < 1.29 is 9.47 Å². The Hall–Kier alpha value is -2.54. The fraction of sp³-hybridized carbons (Fsp3) is 0.368. The average molecular weight is 293 g/mol. The van der Waals surface area contributed by atoms with Crippen LogP contribution in [0.25, 0.3) is 0 Å². The summed E-state index contributed by atoms with van der Waals surface area (Å²) in [6.07, 6.45) is 17.1. The molecule has 1 aliphatic heterocycles. The Morgan fingerprint density at radius 1 is 1.05 bits per heavy atom. The Morgan fingerprint density at radius 3 is 2.18 bits per heavy atom. The van der Waals surface area contributed by atoms with Crippen molar-refractivity contribution in [1.82, 2.24) is 4.90 Å². The molecule has 0 radical (unpaired) electrons. The van der Waals surface area contributed by atoms with E-state index < -0.39 is 5.79 Å². The second-order valence-electron chi connectivity index (χ2n) is 5.57. The molecule has 1 heterocycles. The largest absolute Gasteiger partial charge is 0.449 e. The monoisotopic (exact) mass is 293 g/mol. The van der Waals surface area contributed by atoms with Gasteiger partial charge in [-0.15, -0.1) is 19.3 Å². The van der Waals surface area contributed by atoms with E-state index in [-0.39, 0.29) is 0 Å². The van der Waals surface area contributed by atoms with Gasteiger partial charge in [0.1, 0.15) is 0 Å². The van der Waals surface area contributed by atoms with Crippen LogP contribution in [0.1, 0.15) is 25.0 Å². The Kier molecular flexibility index (Phi) is 4.67. The maximum absolute atomic E-state index is 5.77. The highest BCUT2D eigenvalue weighted by Gasteiger charge is 2.32. The summed E-state index contributed by atoms with van der Waals surface area (Å²) in [7, 11) is 0. The number of rotatable bonds is 5. The van der Waals surface area contributed by atoms with Crippen molar-refractivity contribution in [3.8, 4) is 48.5 Å². The van der Waals surface area contributed by atoms with Crippen LogP contribution in [0.3, 0.4) is 0 Å². The van der Waals surface area contributed by atoms with Gasteiger partial charge in [-0.2, -0.15) is 0 Å². The molecule has 0 N–H and O–H groups in total. The van der Waals surface area contributed by atoms with Crippen LogP contribution in [0, 0.1) is 37.0 Å². The molecule has 3 heteroatoms. The quantitative estimate of drug-likeness (QED) is 0.778. The van der Waals surface area contributed by atoms with E-state index in [0.29, 0.717) is 18.8 Å². The summed E-state index contributed by atoms with van der Waals surface area (Å²) in [6, 6.07) is 3.80. The highest BCUT2D eigenvalue weighted by Crippen LogP contribution is 2.41. The van der Waals surface area contributed by atoms with Crippen molar-refractivity contribution in [3.05, 3.63) is 23.3 Å². The fourth-order valence-corrected chi connectivity index (χ4v) is 2.40. The second-order valence-corrected chi connectivity index (χ2v) is 5.57. The summed E-state index contributed by atoms with van der Waals surface area (Å²) in [5.41, 5.74) is 1.84. The van der Waals surface area contributed by atoms with Gasteiger partial charge in [-0.1, -0.05) is 17.8 Å². The van der Waals surface area contributed by atoms with Crippen LogP contribution < -0.4 is 9.47 Å². The number of terminal acetylenes is 3. The fourth-order valence-electron chi connectivity index (χ4n) is 2.40. The summed E-state index contributed by atoms with van der Waals surface area (Å²) >= 11 is 0. The number of hydrogen-bond acceptors (Lipinski definition) is 3. The van der Waals surface area contributed by atoms with Crippen LogP contribution in [-0.2, 0) is 6.42 Å². The van der Waals surface area contributed by atoms with Crippen molar-refractivity contribution in [1.29, 1.82) is 0 Å². The molecule has 0 fully saturated rings. The van der Waals surface area contributed by atoms with E-state index in [1.807, 2.05) is 30.9 Å². The minimum absolute atomic E-state index is 0.521. The van der Waals surface area contributed by atoms with Crippen LogP contribution in [0.5, 0.6) is 11.5 Å². The predicted octanol–water partition coefficient (Wildman–Crippen LogP) is 2.29. The normalized spacial score (nSPS) is 14.2. The van der Waals surface area contributed by atoms with Gasteiger partial charge in [0, 0.05) is 32.0 Å². The lowest BCUT2D eigenvalue weighted by Crippen LogP contribution is -2.29. The molecule has 0 unspecified atom stereocenters. The molecule has 0 saturated heterocycles. The molecule has 1 aromatic carbocycles. The zero-order valence-corrected chi connectivity index (χ0v) is 13.0. The average Bonchev–Trinajstić information content (AvgIpc) is 2.76. The van der Waals surface area contributed by atoms with Crippen LogP contribution in [0.2, 0.25) is 0 Å². The third-order valence-corrected chi connectivity index (χ3v) is 3.36. The van der Waals surface area contributed by atoms with Crippen molar-refractivity contribution in [2.24, 2.45) is 0 Å². The van der Waals surface area contributed by atoms with E-state index in [0.717, 1.165) is 29.8 Å². The van der Waals surface area contributed by atoms with Gasteiger partial charge in [0.25, 0.3) is 0 Å². The van der Waals surface area contributed by atoms with Crippen molar-refractivity contribution in [3.63, 3.8) is 0 Å². The second kappa shape index (κ2) is 6.48. The molecule has 0 aromatic heterocycles. The van der Waals surface area contributed by atoms with Gasteiger partial charge in [0.2, 0.25) is 5.79 Å². The Bertz CT molecular complexity index is 667. The van der Waals surface area contributed by atoms with Crippen molar-refractivity contribution in [2.75, 3.05) is 19.6 Å². The smallest absolute Gasteiger partial charge is 0.246 e. The molecule has 2 rings (SSSR count). The highest BCUT2D eigenvalue weighted by atomic mass is 16.7. The first-order valence-corrected chi connectivity index (χ1v) is 7.10. The third kappa shape index (κ3) is 3.56. The molecule has 0 atom stereocenters. The summed E-state index contributed by atoms with van der Waals surface area (Å²) in [6.45, 7) is 5.51. The third-order valence-electron chi connectivity index (χ3n) is 3.36. The van der Waals surface area contributed by atoms with Crippen molar-refractivity contribution in [2.45, 2.75) is 26.1 Å². The van der Waals surface area contributed by atoms with Gasteiger partial charge in [-0.25, -0.2) is 0 Å². The first-order valence-electron chi connectivity index (χ1n) is 7.10. The van der Waals surface area contributed by atoms with Gasteiger partial charge in [0.05, 0.1) is 13.1 Å². The van der Waals surface area contributed by atoms with Gasteiger partial charge >= 0.3 is 0 Å². The van der Waals surface area contributed by atoms with Crippen LogP contribution in [-0.4, -0.2) is 30.3 Å². The summed E-state index contributed by atoms with van der Waals surface area (Å²) in [5.74, 6) is 8.68. The van der Waals surface area contributed by atoms with Gasteiger partial charge in [-0.05, 0) is 18.1 Å². The van der Waals surface area contributed by atoms with Gasteiger partial charge in [0.15, 0.2) is 11.5 Å². The van der Waals surface area contributed by atoms with Gasteiger partial charge in [-0.3, -0.25) is 4.90 Å². The van der Waals surface area contributed by atoms with E-state index in [4.69, 9.17) is 28.7 Å². The van der Waals surface area contributed by atoms with E-state index in [2.05, 4.69) is 17.8 Å². The molecule has 0 aliphatic carbocycles. The SMILES string of the molecule is C#CCN(CC#C)CCc1cc2c(cc1C#C)OC(C)(C)O2. The highest BCUT2D eigenvalue weighted by molar-refractivity contribution is 5.54. The van der Waals surface area contributed by atoms with Gasteiger partial charge < -0.3 is 9.47 Å². The van der Waals surface area contributed by atoms with E-state index in [1.54, 1.807) is 0 Å². The first-order chi connectivity index (χ1) is 10.5. The molecular weight excluding hydrogens is 274 g/mol. The summed E-state index contributed by atoms with van der Waals surface area (Å²) in [5, 5.41) is 0. The molecule has 1 aliphatic rings. The number of ether oxygens (including phenoxy) is 2. The van der Waals surface area contributed by atoms with Crippen LogP contribution in [0.15, 0.2) is 12.1 Å². The van der Waals surface area contributed by atoms with Crippen molar-refractivity contribution >= 4 is 0 Å². The predicted molar refractivity (Wildman–Crippen MR) is 87.5 cm³/mol. The molecule has 3 nitrogen and oxygen atoms in total.